The van der Waals surface area contributed by atoms with Gasteiger partial charge in [0.1, 0.15) is 18.3 Å². The number of anilines is 1. The summed E-state index contributed by atoms with van der Waals surface area (Å²) in [7, 11) is -2.58. The summed E-state index contributed by atoms with van der Waals surface area (Å²) in [5.41, 5.74) is 1.08. The summed E-state index contributed by atoms with van der Waals surface area (Å²) in [6.45, 7) is 5.64. The minimum Gasteiger partial charge on any atom is -0.497 e. The van der Waals surface area contributed by atoms with Crippen molar-refractivity contribution >= 4 is 39.1 Å². The van der Waals surface area contributed by atoms with Crippen LogP contribution in [0.4, 0.5) is 5.69 Å². The van der Waals surface area contributed by atoms with Crippen LogP contribution < -0.4 is 14.4 Å². The lowest BCUT2D eigenvalue weighted by Gasteiger charge is -2.32. The molecule has 2 amide bonds. The standard InChI is InChI=1S/C29H34ClN3O5S/c1-21(2)18-31-29(35)22(3)32(19-23-10-14-26(38-4)15-11-23)28(34)20-33(25-8-6-5-7-9-25)39(36,37)27-16-12-24(30)13-17-27/h5-17,21-22H,18-20H2,1-4H3,(H,31,35). The fraction of sp³-hybridized carbons (Fsp3) is 0.310. The quantitative estimate of drug-likeness (QED) is 0.339. The number of hydrogen-bond acceptors (Lipinski definition) is 5. The largest absolute Gasteiger partial charge is 0.497 e. The number of ether oxygens (including phenoxy) is 1. The summed E-state index contributed by atoms with van der Waals surface area (Å²) in [5.74, 6) is 0.0328. The Bertz CT molecular complexity index is 1350. The van der Waals surface area contributed by atoms with Crippen LogP contribution in [-0.2, 0) is 26.2 Å². The van der Waals surface area contributed by atoms with Gasteiger partial charge in [-0.2, -0.15) is 0 Å². The van der Waals surface area contributed by atoms with Gasteiger partial charge in [-0.25, -0.2) is 8.42 Å². The van der Waals surface area contributed by atoms with Crippen LogP contribution in [0.3, 0.4) is 0 Å². The Morgan fingerprint density at radius 1 is 0.923 bits per heavy atom. The number of rotatable bonds is 12. The second-order valence-electron chi connectivity index (χ2n) is 9.49. The van der Waals surface area contributed by atoms with Crippen LogP contribution in [0.25, 0.3) is 0 Å². The molecule has 3 aromatic carbocycles. The van der Waals surface area contributed by atoms with Crippen LogP contribution in [0, 0.1) is 5.92 Å². The van der Waals surface area contributed by atoms with E-state index in [-0.39, 0.29) is 23.3 Å². The minimum atomic E-state index is -4.14. The molecule has 1 unspecified atom stereocenters. The van der Waals surface area contributed by atoms with Gasteiger partial charge in [0.15, 0.2) is 0 Å². The Kier molecular flexibility index (Phi) is 10.4. The molecule has 0 aliphatic heterocycles. The van der Waals surface area contributed by atoms with Gasteiger partial charge in [-0.15, -0.1) is 0 Å². The molecule has 10 heteroatoms. The first kappa shape index (κ1) is 30.0. The summed E-state index contributed by atoms with van der Waals surface area (Å²) in [6, 6.07) is 20.4. The number of nitrogens with one attached hydrogen (secondary N) is 1. The number of halogens is 1. The van der Waals surface area contributed by atoms with Gasteiger partial charge >= 0.3 is 0 Å². The number of nitrogens with zero attached hydrogens (tertiary/aromatic N) is 2. The topological polar surface area (TPSA) is 96.0 Å². The van der Waals surface area contributed by atoms with E-state index in [1.807, 2.05) is 13.8 Å². The number of carbonyl (C=O) groups is 2. The molecule has 8 nitrogen and oxygen atoms in total. The predicted octanol–water partition coefficient (Wildman–Crippen LogP) is 4.73. The lowest BCUT2D eigenvalue weighted by molar-refractivity contribution is -0.139. The van der Waals surface area contributed by atoms with Crippen LogP contribution in [0.15, 0.2) is 83.8 Å². The molecule has 0 aromatic heterocycles. The normalized spacial score (nSPS) is 12.1. The molecule has 3 rings (SSSR count). The Morgan fingerprint density at radius 3 is 2.10 bits per heavy atom. The van der Waals surface area contributed by atoms with Crippen molar-refractivity contribution in [3.63, 3.8) is 0 Å². The fourth-order valence-electron chi connectivity index (χ4n) is 3.82. The third-order valence-corrected chi connectivity index (χ3v) is 8.13. The monoisotopic (exact) mass is 571 g/mol. The lowest BCUT2D eigenvalue weighted by atomic mass is 10.1. The van der Waals surface area contributed by atoms with Crippen LogP contribution >= 0.6 is 11.6 Å². The molecule has 1 atom stereocenters. The molecule has 39 heavy (non-hydrogen) atoms. The van der Waals surface area contributed by atoms with Gasteiger partial charge in [0, 0.05) is 18.1 Å². The average Bonchev–Trinajstić information content (AvgIpc) is 2.93. The SMILES string of the molecule is COc1ccc(CN(C(=O)CN(c2ccccc2)S(=O)(=O)c2ccc(Cl)cc2)C(C)C(=O)NCC(C)C)cc1. The number of sulfonamides is 1. The number of hydrogen-bond donors (Lipinski definition) is 1. The highest BCUT2D eigenvalue weighted by Gasteiger charge is 2.32. The molecule has 0 saturated heterocycles. The van der Waals surface area contributed by atoms with Crippen LogP contribution in [0.2, 0.25) is 5.02 Å². The molecule has 0 spiro atoms. The van der Waals surface area contributed by atoms with E-state index in [1.54, 1.807) is 68.6 Å². The summed E-state index contributed by atoms with van der Waals surface area (Å²) in [4.78, 5) is 28.3. The van der Waals surface area contributed by atoms with Crippen molar-refractivity contribution in [2.75, 3.05) is 24.5 Å². The molecular formula is C29H34ClN3O5S. The van der Waals surface area contributed by atoms with Gasteiger partial charge in [-0.3, -0.25) is 13.9 Å². The van der Waals surface area contributed by atoms with Crippen molar-refractivity contribution in [3.05, 3.63) is 89.4 Å². The number of para-hydroxylation sites is 1. The number of carbonyl (C=O) groups excluding carboxylic acids is 2. The molecule has 3 aromatic rings. The Hall–Kier alpha value is -3.56. The van der Waals surface area contributed by atoms with E-state index in [0.717, 1.165) is 9.87 Å². The molecule has 0 aliphatic rings. The van der Waals surface area contributed by atoms with E-state index < -0.39 is 28.5 Å². The molecular weight excluding hydrogens is 538 g/mol. The fourth-order valence-corrected chi connectivity index (χ4v) is 5.36. The molecule has 0 fully saturated rings. The van der Waals surface area contributed by atoms with Crippen LogP contribution in [-0.4, -0.2) is 51.4 Å². The zero-order valence-electron chi connectivity index (χ0n) is 22.5. The average molecular weight is 572 g/mol. The first-order chi connectivity index (χ1) is 18.5. The molecule has 1 N–H and O–H groups in total. The summed E-state index contributed by atoms with van der Waals surface area (Å²) < 4.78 is 33.7. The van der Waals surface area contributed by atoms with E-state index in [2.05, 4.69) is 5.32 Å². The number of methoxy groups -OCH3 is 1. The highest BCUT2D eigenvalue weighted by atomic mass is 35.5. The van der Waals surface area contributed by atoms with E-state index in [4.69, 9.17) is 16.3 Å². The number of amides is 2. The Labute approximate surface area is 235 Å². The van der Waals surface area contributed by atoms with Crippen molar-refractivity contribution in [2.24, 2.45) is 5.92 Å². The van der Waals surface area contributed by atoms with Crippen molar-refractivity contribution in [1.29, 1.82) is 0 Å². The third-order valence-electron chi connectivity index (χ3n) is 6.09. The van der Waals surface area contributed by atoms with E-state index in [9.17, 15) is 18.0 Å². The highest BCUT2D eigenvalue weighted by Crippen LogP contribution is 2.25. The maximum Gasteiger partial charge on any atom is 0.264 e. The smallest absolute Gasteiger partial charge is 0.264 e. The number of benzene rings is 3. The van der Waals surface area contributed by atoms with Gasteiger partial charge in [-0.1, -0.05) is 55.8 Å². The molecule has 0 radical (unpaired) electrons. The molecule has 0 saturated carbocycles. The second kappa shape index (κ2) is 13.5. The van der Waals surface area contributed by atoms with Gasteiger partial charge in [-0.05, 0) is 66.9 Å². The molecule has 208 valence electrons. The minimum absolute atomic E-state index is 0.00650. The van der Waals surface area contributed by atoms with E-state index in [0.29, 0.717) is 23.0 Å². The van der Waals surface area contributed by atoms with Crippen LogP contribution in [0.5, 0.6) is 5.75 Å². The molecule has 0 heterocycles. The lowest BCUT2D eigenvalue weighted by Crippen LogP contribution is -2.51. The van der Waals surface area contributed by atoms with Crippen molar-refractivity contribution in [3.8, 4) is 5.75 Å². The molecule has 0 bridgehead atoms. The Balaban J connectivity index is 1.97. The zero-order chi connectivity index (χ0) is 28.6. The maximum atomic E-state index is 13.9. The van der Waals surface area contributed by atoms with Crippen LogP contribution in [0.1, 0.15) is 26.3 Å². The van der Waals surface area contributed by atoms with Gasteiger partial charge in [0.25, 0.3) is 10.0 Å². The zero-order valence-corrected chi connectivity index (χ0v) is 24.1. The predicted molar refractivity (Wildman–Crippen MR) is 153 cm³/mol. The second-order valence-corrected chi connectivity index (χ2v) is 11.8. The van der Waals surface area contributed by atoms with Gasteiger partial charge in [0.2, 0.25) is 11.8 Å². The highest BCUT2D eigenvalue weighted by molar-refractivity contribution is 7.92. The van der Waals surface area contributed by atoms with Crippen molar-refractivity contribution in [1.82, 2.24) is 10.2 Å². The van der Waals surface area contributed by atoms with Gasteiger partial charge in [0.05, 0.1) is 17.7 Å². The third kappa shape index (κ3) is 7.97. The first-order valence-corrected chi connectivity index (χ1v) is 14.4. The summed E-state index contributed by atoms with van der Waals surface area (Å²) in [5, 5.41) is 3.26. The van der Waals surface area contributed by atoms with E-state index >= 15 is 0 Å². The Morgan fingerprint density at radius 2 is 1.54 bits per heavy atom. The van der Waals surface area contributed by atoms with Gasteiger partial charge < -0.3 is 15.0 Å². The summed E-state index contributed by atoms with van der Waals surface area (Å²) >= 11 is 5.97. The van der Waals surface area contributed by atoms with Crippen molar-refractivity contribution < 1.29 is 22.7 Å². The van der Waals surface area contributed by atoms with E-state index in [1.165, 1.54) is 29.2 Å². The summed E-state index contributed by atoms with van der Waals surface area (Å²) in [6.07, 6.45) is 0. The molecule has 0 aliphatic carbocycles. The van der Waals surface area contributed by atoms with Crippen molar-refractivity contribution in [2.45, 2.75) is 38.3 Å². The maximum absolute atomic E-state index is 13.9. The first-order valence-electron chi connectivity index (χ1n) is 12.6.